The van der Waals surface area contributed by atoms with Gasteiger partial charge in [-0.2, -0.15) is 0 Å². The van der Waals surface area contributed by atoms with E-state index in [4.69, 9.17) is 14.2 Å². The molecule has 0 radical (unpaired) electrons. The van der Waals surface area contributed by atoms with Crippen LogP contribution in [0.1, 0.15) is 57.9 Å². The molecule has 1 aromatic carbocycles. The molecule has 4 heteroatoms. The van der Waals surface area contributed by atoms with Crippen LogP contribution < -0.4 is 14.2 Å². The monoisotopic (exact) mass is 448 g/mol. The first-order chi connectivity index (χ1) is 15.8. The van der Waals surface area contributed by atoms with E-state index in [9.17, 15) is 4.79 Å². The summed E-state index contributed by atoms with van der Waals surface area (Å²) >= 11 is 0. The molecule has 4 nitrogen and oxygen atoms in total. The summed E-state index contributed by atoms with van der Waals surface area (Å²) < 4.78 is 16.5. The van der Waals surface area contributed by atoms with E-state index in [1.807, 2.05) is 12.1 Å². The molecule has 0 heterocycles. The predicted octanol–water partition coefficient (Wildman–Crippen LogP) is 6.40. The molecular formula is C29H36O4. The van der Waals surface area contributed by atoms with Crippen molar-refractivity contribution in [2.45, 2.75) is 52.4 Å². The molecule has 0 aliphatic heterocycles. The number of fused-ring (bicyclic) bond motifs is 5. The second-order valence-corrected chi connectivity index (χ2v) is 10.7. The van der Waals surface area contributed by atoms with Crippen molar-refractivity contribution in [3.8, 4) is 17.2 Å². The highest BCUT2D eigenvalue weighted by molar-refractivity contribution is 5.87. The number of rotatable bonds is 4. The van der Waals surface area contributed by atoms with Crippen LogP contribution >= 0.6 is 0 Å². The summed E-state index contributed by atoms with van der Waals surface area (Å²) in [6.07, 6.45) is 15.8. The Morgan fingerprint density at radius 2 is 1.67 bits per heavy atom. The SMILES string of the molecule is COc1cc(/C=C2/C=C[C@@]3(C)C(=C2)CC[C@@H]2[C@@H]3CC[C@]3(C)C(=O)CC[C@@H]23)cc(OC)c1OC. The molecule has 0 amide bonds. The molecule has 176 valence electrons. The van der Waals surface area contributed by atoms with Crippen LogP contribution in [0.3, 0.4) is 0 Å². The largest absolute Gasteiger partial charge is 0.493 e. The van der Waals surface area contributed by atoms with Crippen molar-refractivity contribution in [3.63, 3.8) is 0 Å². The molecule has 3 fully saturated rings. The van der Waals surface area contributed by atoms with E-state index in [0.717, 1.165) is 37.7 Å². The molecule has 4 aliphatic carbocycles. The summed E-state index contributed by atoms with van der Waals surface area (Å²) in [5.41, 5.74) is 3.80. The Kier molecular flexibility index (Phi) is 5.46. The van der Waals surface area contributed by atoms with Crippen molar-refractivity contribution in [1.82, 2.24) is 0 Å². The van der Waals surface area contributed by atoms with Crippen LogP contribution in [-0.4, -0.2) is 27.1 Å². The minimum atomic E-state index is -0.0608. The van der Waals surface area contributed by atoms with Crippen molar-refractivity contribution < 1.29 is 19.0 Å². The minimum absolute atomic E-state index is 0.0608. The number of benzene rings is 1. The molecule has 33 heavy (non-hydrogen) atoms. The van der Waals surface area contributed by atoms with Crippen molar-refractivity contribution in [2.75, 3.05) is 21.3 Å². The lowest BCUT2D eigenvalue weighted by molar-refractivity contribution is -0.131. The zero-order valence-electron chi connectivity index (χ0n) is 20.6. The second kappa shape index (κ2) is 8.07. The van der Waals surface area contributed by atoms with E-state index in [1.165, 1.54) is 17.6 Å². The van der Waals surface area contributed by atoms with E-state index in [2.05, 4.69) is 38.2 Å². The smallest absolute Gasteiger partial charge is 0.203 e. The summed E-state index contributed by atoms with van der Waals surface area (Å²) in [7, 11) is 4.92. The number of ether oxygens (including phenoxy) is 3. The average Bonchev–Trinajstić information content (AvgIpc) is 3.13. The number of Topliss-reactive ketones (excluding diaryl/α,β-unsaturated/α-hetero) is 1. The summed E-state index contributed by atoms with van der Waals surface area (Å²) in [4.78, 5) is 12.7. The fraction of sp³-hybridized carbons (Fsp3) is 0.552. The predicted molar refractivity (Wildman–Crippen MR) is 131 cm³/mol. The van der Waals surface area contributed by atoms with E-state index >= 15 is 0 Å². The van der Waals surface area contributed by atoms with Gasteiger partial charge in [0.1, 0.15) is 5.78 Å². The zero-order valence-corrected chi connectivity index (χ0v) is 20.6. The standard InChI is InChI=1S/C29H36O4/c1-28-12-10-18(14-19-16-24(31-3)27(33-5)25(17-19)32-4)15-20(28)6-7-21-22-8-9-26(30)29(22,2)13-11-23(21)28/h10,12,14-17,21-23H,6-9,11,13H2,1-5H3/b18-14-/t21-,22-,23-,28-,29-/m0/s1. The third-order valence-corrected chi connectivity index (χ3v) is 9.34. The van der Waals surface area contributed by atoms with Gasteiger partial charge in [-0.15, -0.1) is 0 Å². The highest BCUT2D eigenvalue weighted by atomic mass is 16.5. The van der Waals surface area contributed by atoms with E-state index in [1.54, 1.807) is 21.3 Å². The molecule has 0 aromatic heterocycles. The Hall–Kier alpha value is -2.49. The third-order valence-electron chi connectivity index (χ3n) is 9.34. The molecular weight excluding hydrogens is 412 g/mol. The van der Waals surface area contributed by atoms with Crippen LogP contribution in [0.15, 0.2) is 41.5 Å². The molecule has 0 unspecified atom stereocenters. The van der Waals surface area contributed by atoms with Gasteiger partial charge in [-0.1, -0.05) is 37.6 Å². The van der Waals surface area contributed by atoms with Crippen LogP contribution in [0.2, 0.25) is 0 Å². The van der Waals surface area contributed by atoms with Crippen molar-refractivity contribution in [2.24, 2.45) is 28.6 Å². The van der Waals surface area contributed by atoms with Crippen molar-refractivity contribution >= 4 is 11.9 Å². The maximum absolute atomic E-state index is 12.7. The highest BCUT2D eigenvalue weighted by Gasteiger charge is 2.58. The molecule has 3 saturated carbocycles. The Balaban J connectivity index is 1.44. The minimum Gasteiger partial charge on any atom is -0.493 e. The number of methoxy groups -OCH3 is 3. The van der Waals surface area contributed by atoms with Gasteiger partial charge in [0.25, 0.3) is 0 Å². The lowest BCUT2D eigenvalue weighted by Gasteiger charge is -2.55. The summed E-state index contributed by atoms with van der Waals surface area (Å²) in [6.45, 7) is 4.69. The van der Waals surface area contributed by atoms with Gasteiger partial charge in [-0.05, 0) is 79.2 Å². The topological polar surface area (TPSA) is 44.8 Å². The Morgan fingerprint density at radius 3 is 2.33 bits per heavy atom. The number of ketones is 1. The summed E-state index contributed by atoms with van der Waals surface area (Å²) in [6, 6.07) is 3.98. The molecule has 0 spiro atoms. The first-order valence-electron chi connectivity index (χ1n) is 12.3. The van der Waals surface area contributed by atoms with Gasteiger partial charge in [0.05, 0.1) is 21.3 Å². The van der Waals surface area contributed by atoms with E-state index in [0.29, 0.717) is 40.8 Å². The Labute approximate surface area is 197 Å². The number of carbonyl (C=O) groups excluding carboxylic acids is 1. The fourth-order valence-corrected chi connectivity index (χ4v) is 7.48. The van der Waals surface area contributed by atoms with Crippen LogP contribution in [-0.2, 0) is 4.79 Å². The molecule has 5 rings (SSSR count). The lowest BCUT2D eigenvalue weighted by Crippen LogP contribution is -2.49. The molecule has 0 N–H and O–H groups in total. The van der Waals surface area contributed by atoms with Gasteiger partial charge in [-0.3, -0.25) is 4.79 Å². The average molecular weight is 449 g/mol. The first-order valence-corrected chi connectivity index (χ1v) is 12.3. The molecule has 0 saturated heterocycles. The first kappa shape index (κ1) is 22.3. The summed E-state index contributed by atoms with van der Waals surface area (Å²) in [5, 5.41) is 0. The number of hydrogen-bond donors (Lipinski definition) is 0. The van der Waals surface area contributed by atoms with E-state index < -0.39 is 0 Å². The fourth-order valence-electron chi connectivity index (χ4n) is 7.48. The van der Waals surface area contributed by atoms with Gasteiger partial charge in [-0.25, -0.2) is 0 Å². The van der Waals surface area contributed by atoms with Crippen LogP contribution in [0.5, 0.6) is 17.2 Å². The second-order valence-electron chi connectivity index (χ2n) is 10.7. The molecule has 0 bridgehead atoms. The number of hydrogen-bond acceptors (Lipinski definition) is 4. The number of allylic oxidation sites excluding steroid dienone is 5. The van der Waals surface area contributed by atoms with Crippen LogP contribution in [0.4, 0.5) is 0 Å². The normalized spacial score (nSPS) is 36.0. The Bertz CT molecular complexity index is 1040. The van der Waals surface area contributed by atoms with Crippen molar-refractivity contribution in [3.05, 3.63) is 47.1 Å². The van der Waals surface area contributed by atoms with Crippen LogP contribution in [0, 0.1) is 28.6 Å². The van der Waals surface area contributed by atoms with Gasteiger partial charge in [0.2, 0.25) is 5.75 Å². The lowest BCUT2D eigenvalue weighted by atomic mass is 9.48. The maximum atomic E-state index is 12.7. The summed E-state index contributed by atoms with van der Waals surface area (Å²) in [5.74, 6) is 4.35. The highest BCUT2D eigenvalue weighted by Crippen LogP contribution is 2.63. The molecule has 1 aromatic rings. The Morgan fingerprint density at radius 1 is 0.939 bits per heavy atom. The molecule has 4 aliphatic rings. The van der Waals surface area contributed by atoms with Gasteiger partial charge >= 0.3 is 0 Å². The van der Waals surface area contributed by atoms with Gasteiger partial charge in [0, 0.05) is 17.3 Å². The third kappa shape index (κ3) is 3.36. The maximum Gasteiger partial charge on any atom is 0.203 e. The molecule has 5 atom stereocenters. The zero-order chi connectivity index (χ0) is 23.4. The van der Waals surface area contributed by atoms with E-state index in [-0.39, 0.29) is 10.8 Å². The van der Waals surface area contributed by atoms with Gasteiger partial charge < -0.3 is 14.2 Å². The van der Waals surface area contributed by atoms with Gasteiger partial charge in [0.15, 0.2) is 11.5 Å². The van der Waals surface area contributed by atoms with Crippen LogP contribution in [0.25, 0.3) is 6.08 Å². The quantitative estimate of drug-likeness (QED) is 0.534. The number of carbonyl (C=O) groups is 1. The van der Waals surface area contributed by atoms with Crippen molar-refractivity contribution in [1.29, 1.82) is 0 Å².